The zero-order valence-corrected chi connectivity index (χ0v) is 11.7. The summed E-state index contributed by atoms with van der Waals surface area (Å²) < 4.78 is 5.23. The van der Waals surface area contributed by atoms with Crippen LogP contribution in [0.1, 0.15) is 12.8 Å². The summed E-state index contributed by atoms with van der Waals surface area (Å²) >= 11 is 11.7. The number of hydrogen-bond acceptors (Lipinski definition) is 2. The number of amides is 2. The molecule has 1 fully saturated rings. The monoisotopic (exact) mass is 300 g/mol. The molecule has 19 heavy (non-hydrogen) atoms. The van der Waals surface area contributed by atoms with E-state index in [1.807, 2.05) is 0 Å². The molecule has 1 saturated heterocycles. The number of hydrogen-bond donors (Lipinski definition) is 2. The molecular weight excluding hydrogens is 287 g/mol. The van der Waals surface area contributed by atoms with Crippen molar-refractivity contribution >= 4 is 34.9 Å². The van der Waals surface area contributed by atoms with E-state index in [0.717, 1.165) is 12.8 Å². The number of urea groups is 1. The molecule has 0 aromatic heterocycles. The lowest BCUT2D eigenvalue weighted by atomic mass is 10.1. The van der Waals surface area contributed by atoms with E-state index >= 15 is 0 Å². The summed E-state index contributed by atoms with van der Waals surface area (Å²) in [7, 11) is 0. The van der Waals surface area contributed by atoms with Crippen LogP contribution >= 0.6 is 23.2 Å². The molecule has 4 nitrogen and oxygen atoms in total. The highest BCUT2D eigenvalue weighted by atomic mass is 35.5. The lowest BCUT2D eigenvalue weighted by molar-refractivity contribution is 0.119. The fraction of sp³-hybridized carbons (Fsp3) is 0.308. The molecule has 2 rings (SSSR count). The number of anilines is 1. The SMILES string of the molecule is O=C(NC=C1CCOCC1)Nc1cc(Cl)cc(Cl)c1. The molecule has 0 radical (unpaired) electrons. The number of carbonyl (C=O) groups excluding carboxylic acids is 1. The number of benzene rings is 1. The quantitative estimate of drug-likeness (QED) is 0.872. The lowest BCUT2D eigenvalue weighted by Gasteiger charge is -2.14. The summed E-state index contributed by atoms with van der Waals surface area (Å²) in [5.74, 6) is 0. The van der Waals surface area contributed by atoms with Crippen molar-refractivity contribution in [2.45, 2.75) is 12.8 Å². The van der Waals surface area contributed by atoms with Crippen molar-refractivity contribution in [1.29, 1.82) is 0 Å². The molecule has 2 amide bonds. The highest BCUT2D eigenvalue weighted by Gasteiger charge is 2.06. The Bertz CT molecular complexity index is 475. The summed E-state index contributed by atoms with van der Waals surface area (Å²) in [6, 6.07) is 4.55. The van der Waals surface area contributed by atoms with Gasteiger partial charge in [0, 0.05) is 21.9 Å². The average Bonchev–Trinajstić information content (AvgIpc) is 2.36. The fourth-order valence-corrected chi connectivity index (χ4v) is 2.26. The molecule has 0 saturated carbocycles. The fourth-order valence-electron chi connectivity index (χ4n) is 1.74. The van der Waals surface area contributed by atoms with Crippen molar-refractivity contribution in [3.8, 4) is 0 Å². The van der Waals surface area contributed by atoms with Gasteiger partial charge in [-0.15, -0.1) is 0 Å². The van der Waals surface area contributed by atoms with E-state index < -0.39 is 0 Å². The molecule has 1 aromatic carbocycles. The van der Waals surface area contributed by atoms with Gasteiger partial charge in [0.2, 0.25) is 0 Å². The van der Waals surface area contributed by atoms with Crippen molar-refractivity contribution in [2.75, 3.05) is 18.5 Å². The predicted molar refractivity (Wildman–Crippen MR) is 76.8 cm³/mol. The first-order valence-corrected chi connectivity index (χ1v) is 6.68. The van der Waals surface area contributed by atoms with Crippen LogP contribution in [0.4, 0.5) is 10.5 Å². The highest BCUT2D eigenvalue weighted by molar-refractivity contribution is 6.35. The zero-order chi connectivity index (χ0) is 13.7. The maximum absolute atomic E-state index is 11.7. The molecule has 0 aliphatic carbocycles. The summed E-state index contributed by atoms with van der Waals surface area (Å²) in [4.78, 5) is 11.7. The standard InChI is InChI=1S/C13H14Cl2N2O2/c14-10-5-11(15)7-12(6-10)17-13(18)16-8-9-1-3-19-4-2-9/h5-8H,1-4H2,(H2,16,17,18). The molecule has 0 spiro atoms. The Balaban J connectivity index is 1.90. The first-order valence-electron chi connectivity index (χ1n) is 5.93. The van der Waals surface area contributed by atoms with Crippen LogP contribution in [0, 0.1) is 0 Å². The Kier molecular flexibility index (Phi) is 5.07. The zero-order valence-electron chi connectivity index (χ0n) is 10.2. The van der Waals surface area contributed by atoms with Crippen LogP contribution in [0.3, 0.4) is 0 Å². The van der Waals surface area contributed by atoms with E-state index in [1.54, 1.807) is 24.4 Å². The van der Waals surface area contributed by atoms with Gasteiger partial charge in [-0.2, -0.15) is 0 Å². The third-order valence-corrected chi connectivity index (χ3v) is 3.10. The third-order valence-electron chi connectivity index (χ3n) is 2.66. The van der Waals surface area contributed by atoms with Crippen molar-refractivity contribution in [1.82, 2.24) is 5.32 Å². The number of ether oxygens (including phenoxy) is 1. The van der Waals surface area contributed by atoms with Gasteiger partial charge in [0.1, 0.15) is 0 Å². The summed E-state index contributed by atoms with van der Waals surface area (Å²) in [5.41, 5.74) is 1.73. The van der Waals surface area contributed by atoms with E-state index in [9.17, 15) is 4.79 Å². The van der Waals surface area contributed by atoms with E-state index in [0.29, 0.717) is 28.9 Å². The first kappa shape index (κ1) is 14.2. The number of halogens is 2. The molecule has 1 aliphatic rings. The molecule has 1 aromatic rings. The highest BCUT2D eigenvalue weighted by Crippen LogP contribution is 2.22. The maximum Gasteiger partial charge on any atom is 0.323 e. The van der Waals surface area contributed by atoms with Gasteiger partial charge in [-0.1, -0.05) is 23.2 Å². The topological polar surface area (TPSA) is 50.4 Å². The minimum atomic E-state index is -0.322. The Morgan fingerprint density at radius 2 is 1.79 bits per heavy atom. The summed E-state index contributed by atoms with van der Waals surface area (Å²) in [5, 5.41) is 6.31. The van der Waals surface area contributed by atoms with E-state index in [-0.39, 0.29) is 6.03 Å². The first-order chi connectivity index (χ1) is 9.13. The van der Waals surface area contributed by atoms with Crippen molar-refractivity contribution in [3.63, 3.8) is 0 Å². The van der Waals surface area contributed by atoms with Crippen LogP contribution in [0.2, 0.25) is 10.0 Å². The second kappa shape index (κ2) is 6.80. The molecule has 1 aliphatic heterocycles. The number of carbonyl (C=O) groups is 1. The van der Waals surface area contributed by atoms with Gasteiger partial charge >= 0.3 is 6.03 Å². The Morgan fingerprint density at radius 3 is 2.42 bits per heavy atom. The van der Waals surface area contributed by atoms with Gasteiger partial charge in [0.05, 0.1) is 13.2 Å². The minimum absolute atomic E-state index is 0.322. The van der Waals surface area contributed by atoms with Crippen LogP contribution in [-0.2, 0) is 4.74 Å². The molecule has 2 N–H and O–H groups in total. The van der Waals surface area contributed by atoms with Gasteiger partial charge in [0.25, 0.3) is 0 Å². The van der Waals surface area contributed by atoms with Gasteiger partial charge in [-0.3, -0.25) is 0 Å². The van der Waals surface area contributed by atoms with Gasteiger partial charge in [-0.25, -0.2) is 4.79 Å². The molecular formula is C13H14Cl2N2O2. The summed E-state index contributed by atoms with van der Waals surface area (Å²) in [6.45, 7) is 1.41. The average molecular weight is 301 g/mol. The van der Waals surface area contributed by atoms with E-state index in [1.165, 1.54) is 5.57 Å². The van der Waals surface area contributed by atoms with Crippen molar-refractivity contribution < 1.29 is 9.53 Å². The van der Waals surface area contributed by atoms with E-state index in [4.69, 9.17) is 27.9 Å². The molecule has 0 atom stereocenters. The molecule has 0 unspecified atom stereocenters. The predicted octanol–water partition coefficient (Wildman–Crippen LogP) is 3.81. The Labute approximate surface area is 121 Å². The van der Waals surface area contributed by atoms with Crippen LogP contribution in [-0.4, -0.2) is 19.2 Å². The largest absolute Gasteiger partial charge is 0.381 e. The van der Waals surface area contributed by atoms with Gasteiger partial charge < -0.3 is 15.4 Å². The third kappa shape index (κ3) is 4.74. The maximum atomic E-state index is 11.7. The van der Waals surface area contributed by atoms with E-state index in [2.05, 4.69) is 10.6 Å². The van der Waals surface area contributed by atoms with Crippen molar-refractivity contribution in [2.24, 2.45) is 0 Å². The molecule has 102 valence electrons. The normalized spacial score (nSPS) is 14.9. The number of rotatable bonds is 2. The Morgan fingerprint density at radius 1 is 1.16 bits per heavy atom. The van der Waals surface area contributed by atoms with Crippen LogP contribution in [0.15, 0.2) is 30.0 Å². The van der Waals surface area contributed by atoms with Crippen LogP contribution in [0.25, 0.3) is 0 Å². The second-order valence-electron chi connectivity index (χ2n) is 4.17. The van der Waals surface area contributed by atoms with Gasteiger partial charge in [-0.05, 0) is 36.6 Å². The molecule has 6 heteroatoms. The van der Waals surface area contributed by atoms with Gasteiger partial charge in [0.15, 0.2) is 0 Å². The van der Waals surface area contributed by atoms with Crippen LogP contribution < -0.4 is 10.6 Å². The smallest absolute Gasteiger partial charge is 0.323 e. The summed E-state index contributed by atoms with van der Waals surface area (Å²) in [6.07, 6.45) is 3.43. The Hall–Kier alpha value is -1.23. The van der Waals surface area contributed by atoms with Crippen LogP contribution in [0.5, 0.6) is 0 Å². The van der Waals surface area contributed by atoms with Crippen molar-refractivity contribution in [3.05, 3.63) is 40.0 Å². The second-order valence-corrected chi connectivity index (χ2v) is 5.04. The molecule has 1 heterocycles. The minimum Gasteiger partial charge on any atom is -0.381 e. The number of nitrogens with one attached hydrogen (secondary N) is 2. The molecule has 0 bridgehead atoms. The lowest BCUT2D eigenvalue weighted by Crippen LogP contribution is -2.25.